The molecule has 2 heterocycles. The highest BCUT2D eigenvalue weighted by Gasteiger charge is 2.33. The van der Waals surface area contributed by atoms with Crippen LogP contribution in [0.4, 0.5) is 0 Å². The maximum absolute atomic E-state index is 12.3. The van der Waals surface area contributed by atoms with Gasteiger partial charge in [0.1, 0.15) is 0 Å². The largest absolute Gasteiger partial charge is 0.463 e. The Balaban J connectivity index is 1.64. The van der Waals surface area contributed by atoms with Gasteiger partial charge in [0.25, 0.3) is 0 Å². The van der Waals surface area contributed by atoms with Crippen molar-refractivity contribution in [2.75, 3.05) is 0 Å². The van der Waals surface area contributed by atoms with Crippen LogP contribution < -0.4 is 0 Å². The van der Waals surface area contributed by atoms with Crippen LogP contribution in [-0.2, 0) is 25.6 Å². The molecule has 1 aromatic carbocycles. The third-order valence-electron chi connectivity index (χ3n) is 4.84. The van der Waals surface area contributed by atoms with Crippen molar-refractivity contribution in [1.29, 1.82) is 0 Å². The van der Waals surface area contributed by atoms with E-state index in [-0.39, 0.29) is 36.8 Å². The molecule has 4 heteroatoms. The van der Waals surface area contributed by atoms with Crippen LogP contribution in [0.2, 0.25) is 0 Å². The van der Waals surface area contributed by atoms with Crippen LogP contribution in [0, 0.1) is 0 Å². The van der Waals surface area contributed by atoms with Crippen molar-refractivity contribution in [1.82, 2.24) is 0 Å². The minimum absolute atomic E-state index is 0.0385. The summed E-state index contributed by atoms with van der Waals surface area (Å²) in [5.41, 5.74) is 1.13. The summed E-state index contributed by atoms with van der Waals surface area (Å²) >= 11 is 0. The fourth-order valence-electron chi connectivity index (χ4n) is 3.45. The van der Waals surface area contributed by atoms with Gasteiger partial charge in [-0.25, -0.2) is 0 Å². The quantitative estimate of drug-likeness (QED) is 0.609. The van der Waals surface area contributed by atoms with E-state index in [0.717, 1.165) is 37.7 Å². The zero-order valence-electron chi connectivity index (χ0n) is 14.9. The Bertz CT molecular complexity index is 569. The second-order valence-corrected chi connectivity index (χ2v) is 6.99. The molecule has 0 saturated carbocycles. The van der Waals surface area contributed by atoms with Gasteiger partial charge in [0.15, 0.2) is 0 Å². The lowest BCUT2D eigenvalue weighted by atomic mass is 9.97. The molecule has 2 bridgehead atoms. The monoisotopic (exact) mass is 344 g/mol. The van der Waals surface area contributed by atoms with E-state index in [9.17, 15) is 4.79 Å². The van der Waals surface area contributed by atoms with E-state index >= 15 is 0 Å². The highest BCUT2D eigenvalue weighted by Crippen LogP contribution is 2.27. The third-order valence-corrected chi connectivity index (χ3v) is 4.84. The van der Waals surface area contributed by atoms with Gasteiger partial charge in [-0.05, 0) is 44.6 Å². The van der Waals surface area contributed by atoms with Crippen LogP contribution in [0.15, 0.2) is 42.5 Å². The average molecular weight is 344 g/mol. The van der Waals surface area contributed by atoms with Crippen LogP contribution in [0.25, 0.3) is 0 Å². The molecule has 2 aliphatic rings. The molecule has 0 N–H and O–H groups in total. The number of fused-ring (bicyclic) bond motifs is 2. The summed E-state index contributed by atoms with van der Waals surface area (Å²) in [6.07, 6.45) is 9.09. The number of carbonyl (C=O) groups excluding carboxylic acids is 1. The summed E-state index contributed by atoms with van der Waals surface area (Å²) in [5, 5.41) is 0. The van der Waals surface area contributed by atoms with Gasteiger partial charge < -0.3 is 14.2 Å². The lowest BCUT2D eigenvalue weighted by Gasteiger charge is -2.35. The first kappa shape index (κ1) is 18.2. The molecule has 1 aromatic rings. The van der Waals surface area contributed by atoms with Gasteiger partial charge in [-0.15, -0.1) is 0 Å². The molecule has 0 aliphatic carbocycles. The molecule has 3 rings (SSSR count). The van der Waals surface area contributed by atoms with E-state index in [4.69, 9.17) is 14.2 Å². The molecule has 1 fully saturated rings. The third kappa shape index (κ3) is 5.68. The number of hydrogen-bond acceptors (Lipinski definition) is 4. The van der Waals surface area contributed by atoms with E-state index in [1.165, 1.54) is 0 Å². The number of rotatable bonds is 3. The second kappa shape index (κ2) is 9.16. The van der Waals surface area contributed by atoms with Crippen molar-refractivity contribution < 1.29 is 19.0 Å². The van der Waals surface area contributed by atoms with Crippen molar-refractivity contribution in [2.45, 2.75) is 76.5 Å². The van der Waals surface area contributed by atoms with E-state index in [2.05, 4.69) is 12.2 Å². The van der Waals surface area contributed by atoms with E-state index < -0.39 is 0 Å². The van der Waals surface area contributed by atoms with Crippen molar-refractivity contribution in [3.05, 3.63) is 48.0 Å². The number of ether oxygens (including phenoxy) is 3. The van der Waals surface area contributed by atoms with E-state index in [0.29, 0.717) is 6.61 Å². The zero-order valence-corrected chi connectivity index (χ0v) is 14.9. The van der Waals surface area contributed by atoms with Gasteiger partial charge >= 0.3 is 5.97 Å². The first-order valence-corrected chi connectivity index (χ1v) is 9.38. The summed E-state index contributed by atoms with van der Waals surface area (Å²) in [4.78, 5) is 12.3. The molecule has 25 heavy (non-hydrogen) atoms. The Labute approximate surface area is 150 Å². The summed E-state index contributed by atoms with van der Waals surface area (Å²) in [6.45, 7) is 2.50. The standard InChI is InChI=1S/C21H28O4/c1-16-8-4-2-7-11-18-12-13-19(20(25-18)14-21(22)24-16)23-15-17-9-5-3-6-10-17/h3,5-7,9-11,16,18-20H,2,4,8,12-15H2,1H3/b11-7+/t16-,18-,19-,20+/m0/s1. The Kier molecular flexibility index (Phi) is 6.65. The van der Waals surface area contributed by atoms with Crippen molar-refractivity contribution in [3.63, 3.8) is 0 Å². The Morgan fingerprint density at radius 3 is 2.84 bits per heavy atom. The SMILES string of the molecule is C[C@H]1CCC/C=C/[C@H]2CC[C@H](OCc3ccccc3)[C@@H](CC(=O)O1)O2. The highest BCUT2D eigenvalue weighted by molar-refractivity contribution is 5.70. The Morgan fingerprint density at radius 1 is 1.16 bits per heavy atom. The van der Waals surface area contributed by atoms with Crippen LogP contribution in [-0.4, -0.2) is 30.4 Å². The Morgan fingerprint density at radius 2 is 2.00 bits per heavy atom. The molecule has 4 atom stereocenters. The molecule has 136 valence electrons. The topological polar surface area (TPSA) is 44.8 Å². The van der Waals surface area contributed by atoms with Gasteiger partial charge in [-0.2, -0.15) is 0 Å². The molecule has 4 nitrogen and oxygen atoms in total. The molecule has 0 amide bonds. The first-order valence-electron chi connectivity index (χ1n) is 9.38. The fraction of sp³-hybridized carbons (Fsp3) is 0.571. The number of benzene rings is 1. The second-order valence-electron chi connectivity index (χ2n) is 6.99. The van der Waals surface area contributed by atoms with Gasteiger partial charge in [0.05, 0.1) is 37.4 Å². The summed E-state index contributed by atoms with van der Waals surface area (Å²) in [7, 11) is 0. The maximum atomic E-state index is 12.3. The molecule has 0 spiro atoms. The summed E-state index contributed by atoms with van der Waals surface area (Å²) < 4.78 is 17.8. The predicted molar refractivity (Wildman–Crippen MR) is 96.1 cm³/mol. The minimum atomic E-state index is -0.244. The van der Waals surface area contributed by atoms with Crippen LogP contribution in [0.3, 0.4) is 0 Å². The van der Waals surface area contributed by atoms with Gasteiger partial charge in [0.2, 0.25) is 0 Å². The number of carbonyl (C=O) groups is 1. The van der Waals surface area contributed by atoms with Gasteiger partial charge in [0, 0.05) is 0 Å². The molecule has 0 radical (unpaired) electrons. The van der Waals surface area contributed by atoms with Crippen LogP contribution >= 0.6 is 0 Å². The minimum Gasteiger partial charge on any atom is -0.463 e. The lowest BCUT2D eigenvalue weighted by molar-refractivity contribution is -0.165. The smallest absolute Gasteiger partial charge is 0.308 e. The van der Waals surface area contributed by atoms with Crippen LogP contribution in [0.1, 0.15) is 51.0 Å². The first-order chi connectivity index (χ1) is 12.2. The van der Waals surface area contributed by atoms with Crippen molar-refractivity contribution in [2.24, 2.45) is 0 Å². The predicted octanol–water partition coefficient (Wildman–Crippen LogP) is 4.18. The van der Waals surface area contributed by atoms with Crippen molar-refractivity contribution in [3.8, 4) is 0 Å². The summed E-state index contributed by atoms with van der Waals surface area (Å²) in [6, 6.07) is 10.1. The molecule has 2 aliphatic heterocycles. The van der Waals surface area contributed by atoms with Gasteiger partial charge in [-0.1, -0.05) is 42.5 Å². The molecular weight excluding hydrogens is 316 g/mol. The van der Waals surface area contributed by atoms with E-state index in [1.54, 1.807) is 0 Å². The number of hydrogen-bond donors (Lipinski definition) is 0. The molecule has 0 unspecified atom stereocenters. The number of cyclic esters (lactones) is 1. The summed E-state index contributed by atoms with van der Waals surface area (Å²) in [5.74, 6) is -0.184. The van der Waals surface area contributed by atoms with E-state index in [1.807, 2.05) is 37.3 Å². The maximum Gasteiger partial charge on any atom is 0.308 e. The number of allylic oxidation sites excluding steroid dienone is 1. The Hall–Kier alpha value is -1.65. The van der Waals surface area contributed by atoms with Crippen LogP contribution in [0.5, 0.6) is 0 Å². The molecule has 1 saturated heterocycles. The normalized spacial score (nSPS) is 32.1. The average Bonchev–Trinajstić information content (AvgIpc) is 2.60. The lowest BCUT2D eigenvalue weighted by Crippen LogP contribution is -2.41. The van der Waals surface area contributed by atoms with Crippen molar-refractivity contribution >= 4 is 5.97 Å². The fourth-order valence-corrected chi connectivity index (χ4v) is 3.45. The van der Waals surface area contributed by atoms with Gasteiger partial charge in [-0.3, -0.25) is 4.79 Å². The molecular formula is C21H28O4. The highest BCUT2D eigenvalue weighted by atomic mass is 16.6. The molecule has 0 aromatic heterocycles. The number of esters is 1. The zero-order chi connectivity index (χ0) is 17.5.